The van der Waals surface area contributed by atoms with Crippen molar-refractivity contribution < 1.29 is 9.47 Å². The molecule has 1 aromatic heterocycles. The molecule has 0 saturated heterocycles. The van der Waals surface area contributed by atoms with Crippen LogP contribution in [0.1, 0.15) is 22.2 Å². The van der Waals surface area contributed by atoms with E-state index in [4.69, 9.17) is 15.3 Å². The van der Waals surface area contributed by atoms with Gasteiger partial charge in [-0.1, -0.05) is 4.49 Å². The number of nitrogens with two attached hydrogens (primary N) is 1. The molecule has 0 fully saturated rings. The molecule has 3 N–H and O–H groups in total. The van der Waals surface area contributed by atoms with Gasteiger partial charge in [0.1, 0.15) is 16.0 Å². The number of aromatic nitrogens is 2. The molecule has 1 unspecified atom stereocenters. The molecular formula is C12H15BrN4O2S. The molecule has 2 aromatic rings. The maximum atomic E-state index is 5.71. The number of halogens is 1. The molecule has 2 rings (SSSR count). The minimum absolute atomic E-state index is 0.243. The van der Waals surface area contributed by atoms with Crippen molar-refractivity contribution in [3.8, 4) is 11.5 Å². The van der Waals surface area contributed by atoms with Crippen LogP contribution in [0.3, 0.4) is 0 Å². The van der Waals surface area contributed by atoms with E-state index in [1.54, 1.807) is 14.2 Å². The number of nitrogens with zero attached hydrogens (tertiary/aromatic N) is 2. The maximum absolute atomic E-state index is 5.71. The number of hydrogen-bond acceptors (Lipinski definition) is 7. The summed E-state index contributed by atoms with van der Waals surface area (Å²) in [6, 6.07) is 3.52. The molecule has 0 saturated carbocycles. The Kier molecular flexibility index (Phi) is 4.92. The molecule has 0 radical (unpaired) electrons. The van der Waals surface area contributed by atoms with Crippen LogP contribution in [0, 0.1) is 6.92 Å². The number of rotatable bonds is 5. The van der Waals surface area contributed by atoms with Crippen LogP contribution in [-0.4, -0.2) is 23.8 Å². The van der Waals surface area contributed by atoms with Gasteiger partial charge in [0, 0.05) is 5.56 Å². The van der Waals surface area contributed by atoms with E-state index in [-0.39, 0.29) is 6.04 Å². The largest absolute Gasteiger partial charge is 0.495 e. The normalized spacial score (nSPS) is 12.2. The molecule has 1 aromatic carbocycles. The number of aryl methyl sites for hydroxylation is 1. The van der Waals surface area contributed by atoms with Gasteiger partial charge in [0.2, 0.25) is 0 Å². The first-order valence-corrected chi connectivity index (χ1v) is 7.36. The summed E-state index contributed by atoms with van der Waals surface area (Å²) in [6.45, 7) is 1.90. The molecule has 6 nitrogen and oxygen atoms in total. The third-order valence-corrected chi connectivity index (χ3v) is 4.58. The lowest BCUT2D eigenvalue weighted by Crippen LogP contribution is -2.29. The van der Waals surface area contributed by atoms with E-state index in [0.717, 1.165) is 20.6 Å². The Balaban J connectivity index is 2.56. The molecule has 8 heteroatoms. The van der Waals surface area contributed by atoms with Crippen LogP contribution >= 0.6 is 27.5 Å². The second kappa shape index (κ2) is 6.49. The highest BCUT2D eigenvalue weighted by Gasteiger charge is 2.24. The Bertz CT molecular complexity index is 605. The van der Waals surface area contributed by atoms with E-state index >= 15 is 0 Å². The number of hydrogen-bond donors (Lipinski definition) is 2. The van der Waals surface area contributed by atoms with Gasteiger partial charge in [0.15, 0.2) is 0 Å². The fourth-order valence-corrected chi connectivity index (χ4v) is 3.36. The number of benzene rings is 1. The highest BCUT2D eigenvalue weighted by molar-refractivity contribution is 9.10. The van der Waals surface area contributed by atoms with Gasteiger partial charge in [0.25, 0.3) is 0 Å². The van der Waals surface area contributed by atoms with Gasteiger partial charge in [-0.2, -0.15) is 0 Å². The van der Waals surface area contributed by atoms with Gasteiger partial charge in [-0.3, -0.25) is 5.84 Å². The second-order valence-corrected chi connectivity index (χ2v) is 5.61. The molecule has 0 aliphatic heterocycles. The van der Waals surface area contributed by atoms with Crippen LogP contribution in [0.15, 0.2) is 16.6 Å². The fraction of sp³-hybridized carbons (Fsp3) is 0.333. The van der Waals surface area contributed by atoms with E-state index in [1.807, 2.05) is 19.1 Å². The molecule has 0 amide bonds. The average Bonchev–Trinajstić information content (AvgIpc) is 2.86. The van der Waals surface area contributed by atoms with Gasteiger partial charge in [0.05, 0.1) is 30.8 Å². The number of ether oxygens (including phenoxy) is 2. The SMILES string of the molecule is COc1ccc(C(NN)c2snnc2C)c(OC)c1Br. The lowest BCUT2D eigenvalue weighted by molar-refractivity contribution is 0.383. The van der Waals surface area contributed by atoms with E-state index < -0.39 is 0 Å². The van der Waals surface area contributed by atoms with Gasteiger partial charge in [-0.05, 0) is 46.5 Å². The predicted octanol–water partition coefficient (Wildman–Crippen LogP) is 2.18. The zero-order chi connectivity index (χ0) is 14.7. The van der Waals surface area contributed by atoms with Crippen molar-refractivity contribution in [3.05, 3.63) is 32.7 Å². The van der Waals surface area contributed by atoms with Crippen LogP contribution in [0.5, 0.6) is 11.5 Å². The lowest BCUT2D eigenvalue weighted by atomic mass is 10.0. The summed E-state index contributed by atoms with van der Waals surface area (Å²) in [6.07, 6.45) is 0. The summed E-state index contributed by atoms with van der Waals surface area (Å²) in [5.74, 6) is 7.07. The van der Waals surface area contributed by atoms with E-state index in [2.05, 4.69) is 30.9 Å². The third kappa shape index (κ3) is 2.64. The topological polar surface area (TPSA) is 82.3 Å². The zero-order valence-electron chi connectivity index (χ0n) is 11.3. The average molecular weight is 359 g/mol. The standard InChI is InChI=1S/C12H15BrN4O2S/c1-6-12(20-17-16-6)10(15-14)7-4-5-8(18-2)9(13)11(7)19-3/h4-5,10,15H,14H2,1-3H3. The summed E-state index contributed by atoms with van der Waals surface area (Å²) >= 11 is 4.79. The van der Waals surface area contributed by atoms with E-state index in [9.17, 15) is 0 Å². The van der Waals surface area contributed by atoms with Crippen molar-refractivity contribution in [2.24, 2.45) is 5.84 Å². The van der Waals surface area contributed by atoms with Gasteiger partial charge in [-0.25, -0.2) is 5.43 Å². The van der Waals surface area contributed by atoms with Crippen LogP contribution in [-0.2, 0) is 0 Å². The molecule has 108 valence electrons. The van der Waals surface area contributed by atoms with Crippen molar-refractivity contribution in [3.63, 3.8) is 0 Å². The smallest absolute Gasteiger partial charge is 0.142 e. The summed E-state index contributed by atoms with van der Waals surface area (Å²) in [7, 11) is 3.21. The Hall–Kier alpha value is -1.22. The number of methoxy groups -OCH3 is 2. The van der Waals surface area contributed by atoms with Crippen LogP contribution in [0.4, 0.5) is 0 Å². The molecule has 1 atom stereocenters. The fourth-order valence-electron chi connectivity index (χ4n) is 1.95. The predicted molar refractivity (Wildman–Crippen MR) is 81.1 cm³/mol. The first kappa shape index (κ1) is 15.2. The van der Waals surface area contributed by atoms with E-state index in [0.29, 0.717) is 11.5 Å². The summed E-state index contributed by atoms with van der Waals surface area (Å²) in [4.78, 5) is 0.947. The number of hydrazine groups is 1. The highest BCUT2D eigenvalue weighted by atomic mass is 79.9. The molecule has 1 heterocycles. The van der Waals surface area contributed by atoms with Crippen molar-refractivity contribution in [1.29, 1.82) is 0 Å². The quantitative estimate of drug-likeness (QED) is 0.629. The monoisotopic (exact) mass is 358 g/mol. The first-order chi connectivity index (χ1) is 9.63. The molecule has 0 aliphatic rings. The first-order valence-electron chi connectivity index (χ1n) is 5.79. The Morgan fingerprint density at radius 1 is 1.35 bits per heavy atom. The van der Waals surface area contributed by atoms with Gasteiger partial charge in [-0.15, -0.1) is 5.10 Å². The molecular weight excluding hydrogens is 344 g/mol. The third-order valence-electron chi connectivity index (χ3n) is 2.94. The van der Waals surface area contributed by atoms with Crippen molar-refractivity contribution in [1.82, 2.24) is 15.0 Å². The van der Waals surface area contributed by atoms with Crippen molar-refractivity contribution in [2.75, 3.05) is 14.2 Å². The Morgan fingerprint density at radius 2 is 2.10 bits per heavy atom. The molecule has 0 spiro atoms. The molecule has 20 heavy (non-hydrogen) atoms. The molecule has 0 bridgehead atoms. The minimum atomic E-state index is -0.243. The van der Waals surface area contributed by atoms with Crippen LogP contribution < -0.4 is 20.7 Å². The van der Waals surface area contributed by atoms with Crippen LogP contribution in [0.25, 0.3) is 0 Å². The lowest BCUT2D eigenvalue weighted by Gasteiger charge is -2.20. The second-order valence-electron chi connectivity index (χ2n) is 4.03. The zero-order valence-corrected chi connectivity index (χ0v) is 13.7. The van der Waals surface area contributed by atoms with Crippen molar-refractivity contribution in [2.45, 2.75) is 13.0 Å². The van der Waals surface area contributed by atoms with Gasteiger partial charge < -0.3 is 9.47 Å². The number of nitrogens with one attached hydrogen (secondary N) is 1. The van der Waals surface area contributed by atoms with Crippen molar-refractivity contribution >= 4 is 27.5 Å². The van der Waals surface area contributed by atoms with Crippen LogP contribution in [0.2, 0.25) is 0 Å². The maximum Gasteiger partial charge on any atom is 0.142 e. The summed E-state index contributed by atoms with van der Waals surface area (Å²) in [5.41, 5.74) is 4.52. The minimum Gasteiger partial charge on any atom is -0.495 e. The molecule has 0 aliphatic carbocycles. The summed E-state index contributed by atoms with van der Waals surface area (Å²) < 4.78 is 15.4. The van der Waals surface area contributed by atoms with E-state index in [1.165, 1.54) is 11.5 Å². The van der Waals surface area contributed by atoms with Gasteiger partial charge >= 0.3 is 0 Å². The Morgan fingerprint density at radius 3 is 2.60 bits per heavy atom. The summed E-state index contributed by atoms with van der Waals surface area (Å²) in [5, 5.41) is 4.02. The highest BCUT2D eigenvalue weighted by Crippen LogP contribution is 2.41. The Labute approximate surface area is 129 Å².